The average Bonchev–Trinajstić information content (AvgIpc) is 2.83. The molecule has 0 amide bonds. The quantitative estimate of drug-likeness (QED) is 0.282. The Labute approximate surface area is 187 Å². The fourth-order valence-corrected chi connectivity index (χ4v) is 9.90. The van der Waals surface area contributed by atoms with E-state index < -0.39 is 8.07 Å². The molecule has 0 unspecified atom stereocenters. The Hall–Kier alpha value is -2.71. The summed E-state index contributed by atoms with van der Waals surface area (Å²) >= 11 is 3.24. The molecule has 30 heavy (non-hydrogen) atoms. The van der Waals surface area contributed by atoms with Crippen molar-refractivity contribution in [1.82, 2.24) is 0 Å². The fraction of sp³-hybridized carbons (Fsp3) is 0.0741. The van der Waals surface area contributed by atoms with Crippen molar-refractivity contribution in [1.29, 1.82) is 0 Å². The molecule has 0 bridgehead atoms. The van der Waals surface area contributed by atoms with Crippen molar-refractivity contribution < 1.29 is 4.74 Å². The van der Waals surface area contributed by atoms with E-state index in [-0.39, 0.29) is 0 Å². The average molecular weight is 472 g/mol. The molecular formula is C27H24OSeSi. The van der Waals surface area contributed by atoms with Crippen LogP contribution in [0.3, 0.4) is 0 Å². The van der Waals surface area contributed by atoms with Crippen molar-refractivity contribution in [2.45, 2.75) is 12.7 Å². The van der Waals surface area contributed by atoms with Crippen LogP contribution in [0.25, 0.3) is 0 Å². The zero-order valence-electron chi connectivity index (χ0n) is 16.8. The predicted octanol–water partition coefficient (Wildman–Crippen LogP) is 3.67. The van der Waals surface area contributed by atoms with Crippen LogP contribution in [0, 0.1) is 0 Å². The van der Waals surface area contributed by atoms with Gasteiger partial charge in [0.25, 0.3) is 0 Å². The van der Waals surface area contributed by atoms with Crippen LogP contribution < -0.4 is 15.6 Å². The zero-order valence-corrected chi connectivity index (χ0v) is 19.5. The minimum absolute atomic E-state index is 0.575. The Morgan fingerprint density at radius 3 is 1.33 bits per heavy atom. The molecule has 4 aromatic carbocycles. The van der Waals surface area contributed by atoms with Gasteiger partial charge in [-0.2, -0.15) is 0 Å². The minimum atomic E-state index is -2.32. The van der Waals surface area contributed by atoms with Gasteiger partial charge in [-0.1, -0.05) is 0 Å². The Kier molecular flexibility index (Phi) is 6.76. The van der Waals surface area contributed by atoms with Crippen LogP contribution >= 0.6 is 0 Å². The van der Waals surface area contributed by atoms with Gasteiger partial charge in [0, 0.05) is 0 Å². The second kappa shape index (κ2) is 9.86. The van der Waals surface area contributed by atoms with E-state index in [0.717, 1.165) is 10.6 Å². The van der Waals surface area contributed by atoms with Crippen LogP contribution in [0.1, 0.15) is 5.56 Å². The number of rotatable bonds is 8. The molecule has 0 fully saturated rings. The van der Waals surface area contributed by atoms with Crippen LogP contribution in [-0.4, -0.2) is 28.3 Å². The fourth-order valence-electron chi connectivity index (χ4n) is 3.98. The first-order valence-electron chi connectivity index (χ1n) is 10.2. The van der Waals surface area contributed by atoms with Crippen molar-refractivity contribution in [3.8, 4) is 0 Å². The third-order valence-corrected chi connectivity index (χ3v) is 11.4. The van der Waals surface area contributed by atoms with E-state index in [0.29, 0.717) is 6.61 Å². The summed E-state index contributed by atoms with van der Waals surface area (Å²) in [5, 5.41) is 4.16. The number of benzene rings is 4. The molecule has 0 N–H and O–H groups in total. The summed E-state index contributed by atoms with van der Waals surface area (Å²) in [7, 11) is -2.32. The second-order valence-corrected chi connectivity index (χ2v) is 12.2. The van der Waals surface area contributed by atoms with Gasteiger partial charge in [0.2, 0.25) is 0 Å². The maximum atomic E-state index is 6.24. The number of ether oxygens (including phenoxy) is 1. The van der Waals surface area contributed by atoms with Gasteiger partial charge in [0.15, 0.2) is 0 Å². The standard InChI is InChI=1S/C27H24OSeSi/c29-27(28-21-23-13-5-1-6-14-23)22-30(24-15-7-2-8-16-24,25-17-9-3-10-18-25)26-19-11-4-12-20-26/h1-20H,21-22H2. The van der Waals surface area contributed by atoms with Gasteiger partial charge in [-0.25, -0.2) is 0 Å². The molecule has 0 radical (unpaired) electrons. The molecule has 0 heterocycles. The maximum absolute atomic E-state index is 6.24. The molecule has 4 aromatic rings. The van der Waals surface area contributed by atoms with Crippen molar-refractivity contribution in [3.63, 3.8) is 0 Å². The van der Waals surface area contributed by atoms with Crippen molar-refractivity contribution in [3.05, 3.63) is 127 Å². The normalized spacial score (nSPS) is 11.1. The van der Waals surface area contributed by atoms with Gasteiger partial charge in [-0.15, -0.1) is 0 Å². The monoisotopic (exact) mass is 472 g/mol. The van der Waals surface area contributed by atoms with E-state index in [4.69, 9.17) is 4.74 Å². The van der Waals surface area contributed by atoms with Crippen LogP contribution in [0.4, 0.5) is 0 Å². The Morgan fingerprint density at radius 1 is 0.567 bits per heavy atom. The van der Waals surface area contributed by atoms with Gasteiger partial charge in [-0.3, -0.25) is 0 Å². The first kappa shape index (κ1) is 20.6. The summed E-state index contributed by atoms with van der Waals surface area (Å²) in [5.74, 6) is 0. The van der Waals surface area contributed by atoms with Crippen LogP contribution in [-0.2, 0) is 11.3 Å². The Bertz CT molecular complexity index is 970. The Balaban J connectivity index is 1.76. The number of hydrogen-bond donors (Lipinski definition) is 0. The molecular weight excluding hydrogens is 447 g/mol. The summed E-state index contributed by atoms with van der Waals surface area (Å²) in [4.78, 5) is 0. The van der Waals surface area contributed by atoms with E-state index in [9.17, 15) is 0 Å². The van der Waals surface area contributed by atoms with E-state index in [2.05, 4.69) is 131 Å². The molecule has 0 aliphatic rings. The first-order valence-corrected chi connectivity index (χ1v) is 13.2. The summed E-state index contributed by atoms with van der Waals surface area (Å²) in [6, 6.07) is 44.0. The van der Waals surface area contributed by atoms with Crippen molar-refractivity contribution in [2.75, 3.05) is 0 Å². The molecule has 0 saturated carbocycles. The third-order valence-electron chi connectivity index (χ3n) is 5.45. The van der Waals surface area contributed by atoms with Gasteiger partial charge in [0.05, 0.1) is 0 Å². The SMILES string of the molecule is [Se]=C(C[Si](c1ccccc1)(c1ccccc1)c1ccccc1)OCc1ccccc1. The van der Waals surface area contributed by atoms with E-state index in [1.807, 2.05) is 6.07 Å². The molecule has 3 heteroatoms. The molecule has 148 valence electrons. The van der Waals surface area contributed by atoms with Gasteiger partial charge < -0.3 is 0 Å². The summed E-state index contributed by atoms with van der Waals surface area (Å²) in [6.07, 6.45) is 0. The molecule has 1 nitrogen and oxygen atoms in total. The number of hydrogen-bond acceptors (Lipinski definition) is 1. The predicted molar refractivity (Wildman–Crippen MR) is 131 cm³/mol. The summed E-state index contributed by atoms with van der Waals surface area (Å²) < 4.78 is 7.20. The van der Waals surface area contributed by atoms with Crippen LogP contribution in [0.15, 0.2) is 121 Å². The zero-order chi connectivity index (χ0) is 20.7. The van der Waals surface area contributed by atoms with Gasteiger partial charge in [0.1, 0.15) is 0 Å². The molecule has 0 aliphatic heterocycles. The topological polar surface area (TPSA) is 9.23 Å². The summed E-state index contributed by atoms with van der Waals surface area (Å²) in [5.41, 5.74) is 1.18. The first-order chi connectivity index (χ1) is 14.8. The van der Waals surface area contributed by atoms with Gasteiger partial charge >= 0.3 is 188 Å². The molecule has 0 aliphatic carbocycles. The molecule has 0 spiro atoms. The molecule has 0 saturated heterocycles. The van der Waals surface area contributed by atoms with E-state index >= 15 is 0 Å². The van der Waals surface area contributed by atoms with E-state index in [1.165, 1.54) is 21.1 Å². The van der Waals surface area contributed by atoms with Crippen LogP contribution in [0.2, 0.25) is 6.04 Å². The third kappa shape index (κ3) is 4.54. The molecule has 0 atom stereocenters. The van der Waals surface area contributed by atoms with Crippen LogP contribution in [0.5, 0.6) is 0 Å². The van der Waals surface area contributed by atoms with Gasteiger partial charge in [-0.05, 0) is 0 Å². The second-order valence-electron chi connectivity index (χ2n) is 7.33. The molecule has 4 rings (SSSR count). The van der Waals surface area contributed by atoms with Crippen molar-refractivity contribution in [2.24, 2.45) is 0 Å². The Morgan fingerprint density at radius 2 is 0.933 bits per heavy atom. The van der Waals surface area contributed by atoms with Crippen molar-refractivity contribution >= 4 is 43.8 Å². The molecule has 0 aromatic heterocycles. The van der Waals surface area contributed by atoms with E-state index in [1.54, 1.807) is 0 Å². The summed E-state index contributed by atoms with van der Waals surface area (Å²) in [6.45, 7) is 0.575.